The first-order valence-electron chi connectivity index (χ1n) is 8.60. The Morgan fingerprint density at radius 3 is 2.63 bits per heavy atom. The number of hydrogen-bond acceptors (Lipinski definition) is 6. The van der Waals surface area contributed by atoms with Gasteiger partial charge >= 0.3 is 6.01 Å². The zero-order valence-electron chi connectivity index (χ0n) is 14.2. The molecule has 2 saturated heterocycles. The van der Waals surface area contributed by atoms with Gasteiger partial charge in [0.25, 0.3) is 5.91 Å². The molecule has 1 amide bonds. The van der Waals surface area contributed by atoms with Gasteiger partial charge < -0.3 is 9.32 Å². The minimum absolute atomic E-state index is 0.0638. The average molecular weight is 382 g/mol. The lowest BCUT2D eigenvalue weighted by molar-refractivity contribution is -0.184. The number of carbonyl (C=O) groups is 1. The Labute approximate surface area is 152 Å². The van der Waals surface area contributed by atoms with Gasteiger partial charge in [0.2, 0.25) is 6.39 Å². The van der Waals surface area contributed by atoms with Crippen molar-refractivity contribution < 1.29 is 27.2 Å². The van der Waals surface area contributed by atoms with E-state index in [-0.39, 0.29) is 31.2 Å². The molecule has 1 aromatic heterocycles. The molecule has 1 unspecified atom stereocenters. The molecule has 3 atom stereocenters. The predicted octanol–water partition coefficient (Wildman–Crippen LogP) is 2.42. The first-order chi connectivity index (χ1) is 13.0. The summed E-state index contributed by atoms with van der Waals surface area (Å²) in [7, 11) is 0. The van der Waals surface area contributed by atoms with Gasteiger partial charge in [0.1, 0.15) is 17.8 Å². The van der Waals surface area contributed by atoms with Crippen molar-refractivity contribution in [3.05, 3.63) is 41.8 Å². The van der Waals surface area contributed by atoms with E-state index in [1.54, 1.807) is 4.90 Å². The summed E-state index contributed by atoms with van der Waals surface area (Å²) in [5, 5.41) is 8.36. The highest BCUT2D eigenvalue weighted by molar-refractivity contribution is 5.79. The van der Waals surface area contributed by atoms with Gasteiger partial charge in [0.05, 0.1) is 25.1 Å². The number of rotatable bonds is 3. The number of halogens is 3. The van der Waals surface area contributed by atoms with E-state index in [9.17, 15) is 18.0 Å². The standard InChI is InChI=1S/C17H17F3N4O3/c18-11-5-10(6-12(19)7-11)15-2-4-27-24(15)16(25)13-1-3-23(8-14(13)20)17-22-21-9-26-17/h5-7,9,13-15H,1-4,8H2/t13-,14+,15?/m0/s1. The second-order valence-electron chi connectivity index (χ2n) is 6.58. The summed E-state index contributed by atoms with van der Waals surface area (Å²) >= 11 is 0. The Morgan fingerprint density at radius 2 is 1.96 bits per heavy atom. The largest absolute Gasteiger partial charge is 0.411 e. The van der Waals surface area contributed by atoms with Crippen molar-refractivity contribution in [3.8, 4) is 0 Å². The van der Waals surface area contributed by atoms with E-state index in [2.05, 4.69) is 10.2 Å². The third-order valence-electron chi connectivity index (χ3n) is 4.87. The lowest BCUT2D eigenvalue weighted by Crippen LogP contribution is -2.48. The van der Waals surface area contributed by atoms with Crippen LogP contribution in [0.3, 0.4) is 0 Å². The number of aromatic nitrogens is 2. The van der Waals surface area contributed by atoms with Gasteiger partial charge in [-0.1, -0.05) is 5.10 Å². The lowest BCUT2D eigenvalue weighted by atomic mass is 9.93. The molecular formula is C17H17F3N4O3. The Bertz CT molecular complexity index is 800. The Kier molecular flexibility index (Phi) is 4.73. The van der Waals surface area contributed by atoms with E-state index in [1.807, 2.05) is 0 Å². The first-order valence-corrected chi connectivity index (χ1v) is 8.60. The maximum Gasteiger partial charge on any atom is 0.318 e. The molecule has 0 saturated carbocycles. The number of alkyl halides is 1. The van der Waals surface area contributed by atoms with Crippen LogP contribution in [0.25, 0.3) is 0 Å². The highest BCUT2D eigenvalue weighted by Gasteiger charge is 2.42. The van der Waals surface area contributed by atoms with Gasteiger partial charge in [-0.05, 0) is 24.1 Å². The summed E-state index contributed by atoms with van der Waals surface area (Å²) in [6, 6.07) is 2.63. The van der Waals surface area contributed by atoms with Crippen LogP contribution in [0, 0.1) is 17.6 Å². The summed E-state index contributed by atoms with van der Waals surface area (Å²) in [5.74, 6) is -2.91. The monoisotopic (exact) mass is 382 g/mol. The van der Waals surface area contributed by atoms with Crippen molar-refractivity contribution in [2.45, 2.75) is 25.1 Å². The highest BCUT2D eigenvalue weighted by atomic mass is 19.1. The summed E-state index contributed by atoms with van der Waals surface area (Å²) in [5.41, 5.74) is 0.289. The van der Waals surface area contributed by atoms with Gasteiger partial charge in [0, 0.05) is 19.0 Å². The number of amides is 1. The summed E-state index contributed by atoms with van der Waals surface area (Å²) in [6.07, 6.45) is 0.298. The number of anilines is 1. The molecule has 3 heterocycles. The molecule has 2 aliphatic heterocycles. The van der Waals surface area contributed by atoms with Crippen molar-refractivity contribution in [1.82, 2.24) is 15.3 Å². The first kappa shape index (κ1) is 17.8. The summed E-state index contributed by atoms with van der Waals surface area (Å²) < 4.78 is 46.8. The molecule has 2 aromatic rings. The molecule has 0 bridgehead atoms. The van der Waals surface area contributed by atoms with Crippen molar-refractivity contribution in [1.29, 1.82) is 0 Å². The molecule has 1 aromatic carbocycles. The molecule has 10 heteroatoms. The van der Waals surface area contributed by atoms with Crippen LogP contribution < -0.4 is 4.90 Å². The van der Waals surface area contributed by atoms with Crippen LogP contribution in [-0.4, -0.2) is 47.0 Å². The Morgan fingerprint density at radius 1 is 1.19 bits per heavy atom. The number of benzene rings is 1. The maximum absolute atomic E-state index is 14.7. The van der Waals surface area contributed by atoms with E-state index in [0.717, 1.165) is 29.7 Å². The van der Waals surface area contributed by atoms with E-state index in [0.29, 0.717) is 13.0 Å². The van der Waals surface area contributed by atoms with E-state index < -0.39 is 35.7 Å². The van der Waals surface area contributed by atoms with Crippen molar-refractivity contribution in [2.75, 3.05) is 24.6 Å². The molecular weight excluding hydrogens is 365 g/mol. The van der Waals surface area contributed by atoms with E-state index >= 15 is 0 Å². The van der Waals surface area contributed by atoms with Crippen molar-refractivity contribution >= 4 is 11.9 Å². The molecule has 0 N–H and O–H groups in total. The number of carbonyl (C=O) groups excluding carboxylic acids is 1. The quantitative estimate of drug-likeness (QED) is 0.812. The number of hydrogen-bond donors (Lipinski definition) is 0. The molecule has 0 aliphatic carbocycles. The van der Waals surface area contributed by atoms with Crippen LogP contribution in [0.4, 0.5) is 19.2 Å². The third-order valence-corrected chi connectivity index (χ3v) is 4.87. The number of hydroxylamine groups is 2. The zero-order valence-corrected chi connectivity index (χ0v) is 14.2. The zero-order chi connectivity index (χ0) is 19.0. The van der Waals surface area contributed by atoms with Crippen LogP contribution in [0.5, 0.6) is 0 Å². The molecule has 0 radical (unpaired) electrons. The number of piperidine rings is 1. The van der Waals surface area contributed by atoms with Crippen molar-refractivity contribution in [2.24, 2.45) is 5.92 Å². The van der Waals surface area contributed by atoms with Gasteiger partial charge in [-0.25, -0.2) is 18.2 Å². The second kappa shape index (κ2) is 7.18. The molecule has 2 fully saturated rings. The topological polar surface area (TPSA) is 71.7 Å². The fourth-order valence-electron chi connectivity index (χ4n) is 3.58. The molecule has 7 nitrogen and oxygen atoms in total. The van der Waals surface area contributed by atoms with Crippen LogP contribution in [0.1, 0.15) is 24.4 Å². The SMILES string of the molecule is O=C([C@H]1CCN(c2nnco2)C[C@H]1F)N1OCCC1c1cc(F)cc(F)c1. The second-order valence-corrected chi connectivity index (χ2v) is 6.58. The van der Waals surface area contributed by atoms with Gasteiger partial charge in [-0.2, -0.15) is 0 Å². The Balaban J connectivity index is 1.48. The maximum atomic E-state index is 14.7. The minimum atomic E-state index is -1.47. The number of nitrogens with zero attached hydrogens (tertiary/aromatic N) is 4. The molecule has 27 heavy (non-hydrogen) atoms. The average Bonchev–Trinajstić information content (AvgIpc) is 3.32. The fraction of sp³-hybridized carbons (Fsp3) is 0.471. The summed E-state index contributed by atoms with van der Waals surface area (Å²) in [6.45, 7) is 0.518. The smallest absolute Gasteiger partial charge is 0.318 e. The molecule has 0 spiro atoms. The van der Waals surface area contributed by atoms with Crippen molar-refractivity contribution in [3.63, 3.8) is 0 Å². The van der Waals surface area contributed by atoms with Crippen LogP contribution >= 0.6 is 0 Å². The van der Waals surface area contributed by atoms with E-state index in [1.165, 1.54) is 0 Å². The third kappa shape index (κ3) is 3.48. The fourth-order valence-corrected chi connectivity index (χ4v) is 3.58. The van der Waals surface area contributed by atoms with Crippen LogP contribution in [0.2, 0.25) is 0 Å². The molecule has 4 rings (SSSR count). The lowest BCUT2D eigenvalue weighted by Gasteiger charge is -2.35. The molecule has 2 aliphatic rings. The normalized spacial score (nSPS) is 25.8. The van der Waals surface area contributed by atoms with E-state index in [4.69, 9.17) is 9.25 Å². The molecule has 144 valence electrons. The Hall–Kier alpha value is -2.62. The minimum Gasteiger partial charge on any atom is -0.411 e. The van der Waals surface area contributed by atoms with Gasteiger partial charge in [-0.3, -0.25) is 9.63 Å². The van der Waals surface area contributed by atoms with Crippen LogP contribution in [-0.2, 0) is 9.63 Å². The van der Waals surface area contributed by atoms with Gasteiger partial charge in [0.15, 0.2) is 0 Å². The highest BCUT2D eigenvalue weighted by Crippen LogP contribution is 2.35. The summed E-state index contributed by atoms with van der Waals surface area (Å²) in [4.78, 5) is 19.8. The van der Waals surface area contributed by atoms with Crippen LogP contribution in [0.15, 0.2) is 29.0 Å². The van der Waals surface area contributed by atoms with Gasteiger partial charge in [-0.15, -0.1) is 5.10 Å². The predicted molar refractivity (Wildman–Crippen MR) is 86.0 cm³/mol.